The number of hydrogen-bond acceptors (Lipinski definition) is 3. The molecule has 1 atom stereocenters. The van der Waals surface area contributed by atoms with Gasteiger partial charge in [-0.05, 0) is 37.8 Å². The third-order valence-electron chi connectivity index (χ3n) is 5.59. The molecule has 1 heterocycles. The molecule has 1 aromatic carbocycles. The first-order valence-corrected chi connectivity index (χ1v) is 8.80. The zero-order valence-electron chi connectivity index (χ0n) is 14.5. The first kappa shape index (κ1) is 17.5. The number of para-hydroxylation sites is 1. The second kappa shape index (κ2) is 6.86. The SMILES string of the molecule is CN(C(=O)CC1(C(=O)O)CCC1)C1CCCN(c2ccccc2)C1=O. The second-order valence-electron chi connectivity index (χ2n) is 7.10. The quantitative estimate of drug-likeness (QED) is 0.889. The van der Waals surface area contributed by atoms with E-state index in [1.807, 2.05) is 30.3 Å². The number of amides is 2. The van der Waals surface area contributed by atoms with Gasteiger partial charge in [-0.3, -0.25) is 14.4 Å². The summed E-state index contributed by atoms with van der Waals surface area (Å²) in [6.07, 6.45) is 3.33. The molecule has 2 aliphatic rings. The summed E-state index contributed by atoms with van der Waals surface area (Å²) >= 11 is 0. The molecule has 6 heteroatoms. The monoisotopic (exact) mass is 344 g/mol. The average Bonchev–Trinajstić information content (AvgIpc) is 2.58. The van der Waals surface area contributed by atoms with Crippen molar-refractivity contribution in [1.82, 2.24) is 4.90 Å². The van der Waals surface area contributed by atoms with Gasteiger partial charge in [-0.1, -0.05) is 24.6 Å². The van der Waals surface area contributed by atoms with Crippen LogP contribution in [0.1, 0.15) is 38.5 Å². The van der Waals surface area contributed by atoms with Crippen molar-refractivity contribution in [1.29, 1.82) is 0 Å². The van der Waals surface area contributed by atoms with Crippen molar-refractivity contribution >= 4 is 23.5 Å². The highest BCUT2D eigenvalue weighted by Crippen LogP contribution is 2.44. The van der Waals surface area contributed by atoms with Gasteiger partial charge < -0.3 is 14.9 Å². The van der Waals surface area contributed by atoms with Crippen LogP contribution in [0.15, 0.2) is 30.3 Å². The third-order valence-corrected chi connectivity index (χ3v) is 5.59. The first-order valence-electron chi connectivity index (χ1n) is 8.80. The van der Waals surface area contributed by atoms with Gasteiger partial charge in [0.1, 0.15) is 6.04 Å². The van der Waals surface area contributed by atoms with Crippen molar-refractivity contribution in [3.63, 3.8) is 0 Å². The number of anilines is 1. The van der Waals surface area contributed by atoms with Crippen LogP contribution in [0.4, 0.5) is 5.69 Å². The average molecular weight is 344 g/mol. The zero-order chi connectivity index (χ0) is 18.0. The molecule has 2 amide bonds. The maximum absolute atomic E-state index is 12.9. The van der Waals surface area contributed by atoms with Gasteiger partial charge in [0.15, 0.2) is 0 Å². The summed E-state index contributed by atoms with van der Waals surface area (Å²) in [4.78, 5) is 40.2. The van der Waals surface area contributed by atoms with Crippen LogP contribution in [0.3, 0.4) is 0 Å². The Balaban J connectivity index is 1.71. The third kappa shape index (κ3) is 3.25. The number of hydrogen-bond donors (Lipinski definition) is 1. The topological polar surface area (TPSA) is 77.9 Å². The van der Waals surface area contributed by atoms with Crippen molar-refractivity contribution in [3.8, 4) is 0 Å². The van der Waals surface area contributed by atoms with Crippen LogP contribution in [0.25, 0.3) is 0 Å². The highest BCUT2D eigenvalue weighted by atomic mass is 16.4. The van der Waals surface area contributed by atoms with Crippen LogP contribution in [0, 0.1) is 5.41 Å². The van der Waals surface area contributed by atoms with Crippen LogP contribution in [-0.4, -0.2) is 47.4 Å². The van der Waals surface area contributed by atoms with E-state index >= 15 is 0 Å². The van der Waals surface area contributed by atoms with Crippen molar-refractivity contribution < 1.29 is 19.5 Å². The van der Waals surface area contributed by atoms with E-state index in [0.29, 0.717) is 25.8 Å². The van der Waals surface area contributed by atoms with Crippen molar-refractivity contribution in [3.05, 3.63) is 30.3 Å². The molecule has 6 nitrogen and oxygen atoms in total. The summed E-state index contributed by atoms with van der Waals surface area (Å²) in [5.74, 6) is -1.25. The van der Waals surface area contributed by atoms with Crippen molar-refractivity contribution in [2.45, 2.75) is 44.6 Å². The molecular formula is C19H24N2O4. The zero-order valence-corrected chi connectivity index (χ0v) is 14.5. The number of likely N-dealkylation sites (N-methyl/N-ethyl adjacent to an activating group) is 1. The van der Waals surface area contributed by atoms with E-state index in [4.69, 9.17) is 0 Å². The van der Waals surface area contributed by atoms with Crippen LogP contribution in [0.5, 0.6) is 0 Å². The van der Waals surface area contributed by atoms with E-state index in [2.05, 4.69) is 0 Å². The molecule has 1 unspecified atom stereocenters. The lowest BCUT2D eigenvalue weighted by Crippen LogP contribution is -2.54. The van der Waals surface area contributed by atoms with Gasteiger partial charge in [0.25, 0.3) is 0 Å². The van der Waals surface area contributed by atoms with Gasteiger partial charge in [0.05, 0.1) is 5.41 Å². The smallest absolute Gasteiger partial charge is 0.310 e. The van der Waals surface area contributed by atoms with Gasteiger partial charge in [0, 0.05) is 25.7 Å². The van der Waals surface area contributed by atoms with E-state index in [0.717, 1.165) is 18.5 Å². The number of aliphatic carboxylic acids is 1. The van der Waals surface area contributed by atoms with E-state index in [1.54, 1.807) is 11.9 Å². The van der Waals surface area contributed by atoms with Gasteiger partial charge in [-0.25, -0.2) is 0 Å². The lowest BCUT2D eigenvalue weighted by Gasteiger charge is -2.40. The Morgan fingerprint density at radius 1 is 1.24 bits per heavy atom. The van der Waals surface area contributed by atoms with Gasteiger partial charge >= 0.3 is 5.97 Å². The van der Waals surface area contributed by atoms with Crippen LogP contribution in [-0.2, 0) is 14.4 Å². The largest absolute Gasteiger partial charge is 0.481 e. The van der Waals surface area contributed by atoms with Crippen LogP contribution in [0.2, 0.25) is 0 Å². The first-order chi connectivity index (χ1) is 11.9. The fourth-order valence-electron chi connectivity index (χ4n) is 3.74. The molecule has 134 valence electrons. The summed E-state index contributed by atoms with van der Waals surface area (Å²) in [6.45, 7) is 0.639. The molecule has 1 saturated heterocycles. The second-order valence-corrected chi connectivity index (χ2v) is 7.10. The molecule has 0 spiro atoms. The minimum absolute atomic E-state index is 0.0199. The van der Waals surface area contributed by atoms with Gasteiger partial charge in [-0.2, -0.15) is 0 Å². The highest BCUT2D eigenvalue weighted by molar-refractivity contribution is 6.00. The lowest BCUT2D eigenvalue weighted by molar-refractivity contribution is -0.160. The molecule has 1 aromatic rings. The molecule has 2 fully saturated rings. The molecule has 0 bridgehead atoms. The summed E-state index contributed by atoms with van der Waals surface area (Å²) in [5, 5.41) is 9.42. The standard InChI is InChI=1S/C19H24N2O4/c1-20(16(22)13-19(18(24)25)10-6-11-19)15-9-5-12-21(17(15)23)14-7-3-2-4-8-14/h2-4,7-8,15H,5-6,9-13H2,1H3,(H,24,25). The Morgan fingerprint density at radius 2 is 1.92 bits per heavy atom. The molecule has 3 rings (SSSR count). The number of rotatable bonds is 5. The summed E-state index contributed by atoms with van der Waals surface area (Å²) in [5.41, 5.74) is -0.0959. The van der Waals surface area contributed by atoms with E-state index < -0.39 is 17.4 Å². The predicted molar refractivity (Wildman–Crippen MR) is 93.1 cm³/mol. The van der Waals surface area contributed by atoms with Gasteiger partial charge in [-0.15, -0.1) is 0 Å². The molecule has 0 radical (unpaired) electrons. The maximum atomic E-state index is 12.9. The Morgan fingerprint density at radius 3 is 2.48 bits per heavy atom. The van der Waals surface area contributed by atoms with E-state index in [-0.39, 0.29) is 18.2 Å². The fourth-order valence-corrected chi connectivity index (χ4v) is 3.74. The molecule has 25 heavy (non-hydrogen) atoms. The Bertz CT molecular complexity index is 669. The Kier molecular flexibility index (Phi) is 4.79. The fraction of sp³-hybridized carbons (Fsp3) is 0.526. The maximum Gasteiger partial charge on any atom is 0.310 e. The highest BCUT2D eigenvalue weighted by Gasteiger charge is 2.47. The number of piperidine rings is 1. The number of carboxylic acid groups (broad SMARTS) is 1. The number of nitrogens with zero attached hydrogens (tertiary/aromatic N) is 2. The van der Waals surface area contributed by atoms with Crippen molar-refractivity contribution in [2.75, 3.05) is 18.5 Å². The van der Waals surface area contributed by atoms with Crippen LogP contribution < -0.4 is 4.90 Å². The minimum atomic E-state index is -0.928. The summed E-state index contributed by atoms with van der Waals surface area (Å²) < 4.78 is 0. The number of benzene rings is 1. The molecule has 1 aliphatic heterocycles. The Labute approximate surface area is 147 Å². The molecule has 1 N–H and O–H groups in total. The van der Waals surface area contributed by atoms with Crippen LogP contribution >= 0.6 is 0 Å². The number of carboxylic acids is 1. The van der Waals surface area contributed by atoms with Gasteiger partial charge in [0.2, 0.25) is 11.8 Å². The van der Waals surface area contributed by atoms with Crippen molar-refractivity contribution in [2.24, 2.45) is 5.41 Å². The summed E-state index contributed by atoms with van der Waals surface area (Å²) in [7, 11) is 1.62. The number of carbonyl (C=O) groups is 3. The Hall–Kier alpha value is -2.37. The lowest BCUT2D eigenvalue weighted by atomic mass is 9.66. The van der Waals surface area contributed by atoms with E-state index in [9.17, 15) is 19.5 Å². The normalized spacial score (nSPS) is 22.2. The molecular weight excluding hydrogens is 320 g/mol. The number of carbonyl (C=O) groups excluding carboxylic acids is 2. The minimum Gasteiger partial charge on any atom is -0.481 e. The molecule has 1 aliphatic carbocycles. The van der Waals surface area contributed by atoms with E-state index in [1.165, 1.54) is 4.90 Å². The molecule has 1 saturated carbocycles. The predicted octanol–water partition coefficient (Wildman–Crippen LogP) is 2.29. The molecule has 0 aromatic heterocycles. The summed E-state index contributed by atoms with van der Waals surface area (Å²) in [6, 6.07) is 8.91.